The van der Waals surface area contributed by atoms with E-state index in [0.717, 1.165) is 32.1 Å². The largest absolute Gasteiger partial charge is 0.271 e. The highest BCUT2D eigenvalue weighted by molar-refractivity contribution is 7.89. The van der Waals surface area contributed by atoms with Gasteiger partial charge < -0.3 is 0 Å². The molecule has 2 fully saturated rings. The van der Waals surface area contributed by atoms with Crippen LogP contribution in [0.5, 0.6) is 0 Å². The molecular weight excluding hydrogens is 298 g/mol. The third kappa shape index (κ3) is 3.18. The fourth-order valence-electron chi connectivity index (χ4n) is 2.32. The highest BCUT2D eigenvalue weighted by atomic mass is 35.5. The molecule has 20 heavy (non-hydrogen) atoms. The molecule has 0 bridgehead atoms. The first kappa shape index (κ1) is 14.4. The zero-order valence-corrected chi connectivity index (χ0v) is 13.0. The summed E-state index contributed by atoms with van der Waals surface area (Å²) < 4.78 is 28.8. The van der Waals surface area contributed by atoms with Gasteiger partial charge in [0.2, 0.25) is 10.0 Å². The molecular formula is C13H20ClN3O2S. The zero-order chi connectivity index (χ0) is 14.2. The lowest BCUT2D eigenvalue weighted by molar-refractivity contribution is 0.388. The fourth-order valence-corrected chi connectivity index (χ4v) is 4.15. The van der Waals surface area contributed by atoms with Crippen molar-refractivity contribution < 1.29 is 8.42 Å². The van der Waals surface area contributed by atoms with Crippen LogP contribution in [0.25, 0.3) is 0 Å². The molecule has 0 N–H and O–H groups in total. The van der Waals surface area contributed by atoms with Crippen molar-refractivity contribution in [3.63, 3.8) is 0 Å². The summed E-state index contributed by atoms with van der Waals surface area (Å²) in [6.45, 7) is 1.34. The summed E-state index contributed by atoms with van der Waals surface area (Å²) in [6, 6.07) is 0.215. The van der Waals surface area contributed by atoms with E-state index in [2.05, 4.69) is 5.10 Å². The number of rotatable bonds is 8. The molecule has 0 radical (unpaired) electrons. The van der Waals surface area contributed by atoms with Gasteiger partial charge in [-0.25, -0.2) is 8.42 Å². The van der Waals surface area contributed by atoms with Gasteiger partial charge in [0.1, 0.15) is 4.90 Å². The van der Waals surface area contributed by atoms with Crippen LogP contribution in [0.1, 0.15) is 32.1 Å². The van der Waals surface area contributed by atoms with Crippen LogP contribution in [-0.4, -0.2) is 41.0 Å². The van der Waals surface area contributed by atoms with Crippen LogP contribution in [0.4, 0.5) is 0 Å². The number of halogens is 1. The molecule has 7 heteroatoms. The summed E-state index contributed by atoms with van der Waals surface area (Å²) in [6.07, 6.45) is 8.19. The van der Waals surface area contributed by atoms with Crippen LogP contribution in [-0.2, 0) is 16.6 Å². The molecule has 0 aliphatic heterocycles. The van der Waals surface area contributed by atoms with Gasteiger partial charge in [-0.2, -0.15) is 9.40 Å². The predicted molar refractivity (Wildman–Crippen MR) is 77.2 cm³/mol. The van der Waals surface area contributed by atoms with Gasteiger partial charge in [-0.05, 0) is 38.0 Å². The Morgan fingerprint density at radius 2 is 2.10 bits per heavy atom. The van der Waals surface area contributed by atoms with Gasteiger partial charge in [0.25, 0.3) is 0 Å². The number of aromatic nitrogens is 2. The molecule has 0 spiro atoms. The molecule has 1 aromatic rings. The van der Waals surface area contributed by atoms with E-state index in [0.29, 0.717) is 29.8 Å². The van der Waals surface area contributed by atoms with E-state index in [1.807, 2.05) is 0 Å². The number of aryl methyl sites for hydroxylation is 1. The molecule has 0 saturated heterocycles. The Bertz CT molecular complexity index is 564. The van der Waals surface area contributed by atoms with Crippen LogP contribution in [0, 0.1) is 5.92 Å². The first-order chi connectivity index (χ1) is 9.61. The van der Waals surface area contributed by atoms with Crippen molar-refractivity contribution in [2.45, 2.75) is 49.6 Å². The smallest absolute Gasteiger partial charge is 0.246 e. The van der Waals surface area contributed by atoms with Crippen molar-refractivity contribution in [2.24, 2.45) is 5.92 Å². The van der Waals surface area contributed by atoms with E-state index in [1.54, 1.807) is 15.2 Å². The molecule has 112 valence electrons. The molecule has 0 amide bonds. The second kappa shape index (κ2) is 5.66. The molecule has 0 atom stereocenters. The van der Waals surface area contributed by atoms with Crippen LogP contribution >= 0.6 is 11.6 Å². The molecule has 3 rings (SSSR count). The van der Waals surface area contributed by atoms with Gasteiger partial charge in [-0.3, -0.25) is 4.68 Å². The topological polar surface area (TPSA) is 55.2 Å². The standard InChI is InChI=1S/C13H20ClN3O2S/c14-6-1-7-16-10-13(8-15-16)20(18,19)17(12-4-5-12)9-11-2-3-11/h8,10-12H,1-7,9H2. The normalized spacial score (nSPS) is 19.7. The van der Waals surface area contributed by atoms with Crippen LogP contribution in [0.2, 0.25) is 0 Å². The molecule has 1 heterocycles. The first-order valence-electron chi connectivity index (χ1n) is 7.21. The van der Waals surface area contributed by atoms with E-state index < -0.39 is 10.0 Å². The SMILES string of the molecule is O=S(=O)(c1cnn(CCCCl)c1)N(CC1CC1)C1CC1. The highest BCUT2D eigenvalue weighted by Gasteiger charge is 2.41. The maximum atomic E-state index is 12.7. The van der Waals surface area contributed by atoms with E-state index >= 15 is 0 Å². The minimum atomic E-state index is -3.38. The molecule has 0 aromatic carbocycles. The summed E-state index contributed by atoms with van der Waals surface area (Å²) in [5.41, 5.74) is 0. The van der Waals surface area contributed by atoms with E-state index in [9.17, 15) is 8.42 Å². The van der Waals surface area contributed by atoms with Gasteiger partial charge in [-0.15, -0.1) is 11.6 Å². The number of nitrogens with zero attached hydrogens (tertiary/aromatic N) is 3. The number of hydrogen-bond donors (Lipinski definition) is 0. The fraction of sp³-hybridized carbons (Fsp3) is 0.769. The minimum absolute atomic E-state index is 0.215. The monoisotopic (exact) mass is 317 g/mol. The minimum Gasteiger partial charge on any atom is -0.271 e. The van der Waals surface area contributed by atoms with E-state index in [4.69, 9.17) is 11.6 Å². The highest BCUT2D eigenvalue weighted by Crippen LogP contribution is 2.37. The lowest BCUT2D eigenvalue weighted by Crippen LogP contribution is -2.34. The Balaban J connectivity index is 1.76. The zero-order valence-electron chi connectivity index (χ0n) is 11.4. The second-order valence-corrected chi connectivity index (χ2v) is 8.00. The Hall–Kier alpha value is -0.590. The Morgan fingerprint density at radius 3 is 2.70 bits per heavy atom. The molecule has 2 aliphatic rings. The number of alkyl halides is 1. The number of hydrogen-bond acceptors (Lipinski definition) is 3. The average Bonchev–Trinajstić information content (AvgIpc) is 3.32. The van der Waals surface area contributed by atoms with Crippen molar-refractivity contribution in [1.82, 2.24) is 14.1 Å². The van der Waals surface area contributed by atoms with Crippen LogP contribution < -0.4 is 0 Å². The van der Waals surface area contributed by atoms with Gasteiger partial charge in [0, 0.05) is 31.2 Å². The first-order valence-corrected chi connectivity index (χ1v) is 9.19. The molecule has 2 aliphatic carbocycles. The van der Waals surface area contributed by atoms with Gasteiger partial charge in [0.15, 0.2) is 0 Å². The van der Waals surface area contributed by atoms with E-state index in [1.165, 1.54) is 6.20 Å². The van der Waals surface area contributed by atoms with Crippen molar-refractivity contribution in [3.8, 4) is 0 Å². The summed E-state index contributed by atoms with van der Waals surface area (Å²) in [5.74, 6) is 1.12. The van der Waals surface area contributed by atoms with Crippen molar-refractivity contribution >= 4 is 21.6 Å². The van der Waals surface area contributed by atoms with Crippen molar-refractivity contribution in [3.05, 3.63) is 12.4 Å². The molecule has 5 nitrogen and oxygen atoms in total. The van der Waals surface area contributed by atoms with E-state index in [-0.39, 0.29) is 6.04 Å². The summed E-state index contributed by atoms with van der Waals surface area (Å²) in [5, 5.41) is 4.13. The third-order valence-electron chi connectivity index (χ3n) is 3.83. The van der Waals surface area contributed by atoms with Crippen molar-refractivity contribution in [2.75, 3.05) is 12.4 Å². The third-order valence-corrected chi connectivity index (χ3v) is 5.96. The molecule has 0 unspecified atom stereocenters. The van der Waals surface area contributed by atoms with Gasteiger partial charge >= 0.3 is 0 Å². The number of sulfonamides is 1. The van der Waals surface area contributed by atoms with Gasteiger partial charge in [0.05, 0.1) is 6.20 Å². The van der Waals surface area contributed by atoms with Gasteiger partial charge in [-0.1, -0.05) is 0 Å². The lowest BCUT2D eigenvalue weighted by Gasteiger charge is -2.20. The second-order valence-electron chi connectivity index (χ2n) is 5.73. The summed E-state index contributed by atoms with van der Waals surface area (Å²) >= 11 is 5.65. The average molecular weight is 318 g/mol. The van der Waals surface area contributed by atoms with Crippen LogP contribution in [0.15, 0.2) is 17.3 Å². The summed E-state index contributed by atoms with van der Waals surface area (Å²) in [7, 11) is -3.38. The molecule has 1 aromatic heterocycles. The maximum absolute atomic E-state index is 12.7. The molecule has 2 saturated carbocycles. The van der Waals surface area contributed by atoms with Crippen molar-refractivity contribution in [1.29, 1.82) is 0 Å². The Morgan fingerprint density at radius 1 is 1.35 bits per heavy atom. The Labute approximate surface area is 125 Å². The lowest BCUT2D eigenvalue weighted by atomic mass is 10.4. The summed E-state index contributed by atoms with van der Waals surface area (Å²) in [4.78, 5) is 0.319. The van der Waals surface area contributed by atoms with Crippen LogP contribution in [0.3, 0.4) is 0 Å². The predicted octanol–water partition coefficient (Wildman–Crippen LogP) is 2.08. The maximum Gasteiger partial charge on any atom is 0.246 e. The Kier molecular flexibility index (Phi) is 4.06. The quantitative estimate of drug-likeness (QED) is 0.690.